The van der Waals surface area contributed by atoms with Gasteiger partial charge in [-0.25, -0.2) is 4.98 Å². The predicted octanol–water partition coefficient (Wildman–Crippen LogP) is 13.8. The molecule has 0 bridgehead atoms. The molecule has 246 valence electrons. The SMILES string of the molecule is c1ccc(-c2c3ccccc3c(-c3ccc(-c4nc5ccccc5c5c4ccc4c5c5ccccc5n4-c4ccccc4)cc3)c3ccccc23)cc1. The average Bonchev–Trinajstić information content (AvgIpc) is 3.58. The van der Waals surface area contributed by atoms with Gasteiger partial charge in [-0.3, -0.25) is 0 Å². The van der Waals surface area contributed by atoms with Crippen LogP contribution < -0.4 is 0 Å². The van der Waals surface area contributed by atoms with Gasteiger partial charge >= 0.3 is 0 Å². The monoisotopic (exact) mass is 672 g/mol. The lowest BCUT2D eigenvalue weighted by atomic mass is 9.86. The van der Waals surface area contributed by atoms with Crippen molar-refractivity contribution in [1.82, 2.24) is 9.55 Å². The summed E-state index contributed by atoms with van der Waals surface area (Å²) < 4.78 is 2.39. The Labute approximate surface area is 306 Å². The van der Waals surface area contributed by atoms with E-state index in [2.05, 4.69) is 199 Å². The molecule has 0 aliphatic carbocycles. The van der Waals surface area contributed by atoms with Gasteiger partial charge in [-0.1, -0.05) is 164 Å². The number of pyridine rings is 1. The molecule has 0 aliphatic heterocycles. The lowest BCUT2D eigenvalue weighted by molar-refractivity contribution is 1.18. The Hall–Kier alpha value is -7.03. The van der Waals surface area contributed by atoms with E-state index in [9.17, 15) is 0 Å². The molecule has 2 heteroatoms. The zero-order valence-corrected chi connectivity index (χ0v) is 28.9. The van der Waals surface area contributed by atoms with Crippen molar-refractivity contribution in [2.24, 2.45) is 0 Å². The van der Waals surface area contributed by atoms with Crippen LogP contribution in [0.3, 0.4) is 0 Å². The van der Waals surface area contributed by atoms with Crippen molar-refractivity contribution in [2.45, 2.75) is 0 Å². The fraction of sp³-hybridized carbons (Fsp3) is 0. The predicted molar refractivity (Wildman–Crippen MR) is 225 cm³/mol. The quantitative estimate of drug-likeness (QED) is 0.134. The van der Waals surface area contributed by atoms with Gasteiger partial charge in [0.15, 0.2) is 0 Å². The molecule has 0 fully saturated rings. The summed E-state index contributed by atoms with van der Waals surface area (Å²) in [5.41, 5.74) is 11.6. The molecule has 0 saturated heterocycles. The van der Waals surface area contributed by atoms with Crippen LogP contribution in [0.5, 0.6) is 0 Å². The lowest BCUT2D eigenvalue weighted by Gasteiger charge is -2.18. The van der Waals surface area contributed by atoms with Crippen LogP contribution in [0.2, 0.25) is 0 Å². The maximum absolute atomic E-state index is 5.37. The third-order valence-electron chi connectivity index (χ3n) is 11.0. The number of hydrogen-bond donors (Lipinski definition) is 0. The second-order valence-electron chi connectivity index (χ2n) is 13.8. The Balaban J connectivity index is 1.15. The molecule has 0 N–H and O–H groups in total. The third kappa shape index (κ3) is 4.49. The first-order chi connectivity index (χ1) is 26.3. The first kappa shape index (κ1) is 29.7. The Bertz CT molecular complexity index is 3140. The van der Waals surface area contributed by atoms with E-state index < -0.39 is 0 Å². The minimum Gasteiger partial charge on any atom is -0.309 e. The van der Waals surface area contributed by atoms with E-state index in [0.29, 0.717) is 0 Å². The molecular weight excluding hydrogens is 641 g/mol. The van der Waals surface area contributed by atoms with Crippen molar-refractivity contribution < 1.29 is 0 Å². The molecule has 2 aromatic heterocycles. The van der Waals surface area contributed by atoms with Crippen molar-refractivity contribution in [3.63, 3.8) is 0 Å². The summed E-state index contributed by atoms with van der Waals surface area (Å²) in [5.74, 6) is 0. The molecule has 11 aromatic rings. The summed E-state index contributed by atoms with van der Waals surface area (Å²) in [5, 5.41) is 11.1. The van der Waals surface area contributed by atoms with Crippen LogP contribution in [-0.4, -0.2) is 9.55 Å². The Morgan fingerprint density at radius 2 is 0.792 bits per heavy atom. The fourth-order valence-corrected chi connectivity index (χ4v) is 8.73. The lowest BCUT2D eigenvalue weighted by Crippen LogP contribution is -1.94. The summed E-state index contributed by atoms with van der Waals surface area (Å²) in [6.07, 6.45) is 0. The van der Waals surface area contributed by atoms with E-state index in [1.54, 1.807) is 0 Å². The molecule has 0 amide bonds. The van der Waals surface area contributed by atoms with Crippen molar-refractivity contribution in [2.75, 3.05) is 0 Å². The van der Waals surface area contributed by atoms with Crippen LogP contribution in [0, 0.1) is 0 Å². The first-order valence-corrected chi connectivity index (χ1v) is 18.2. The normalized spacial score (nSPS) is 11.8. The van der Waals surface area contributed by atoms with Gasteiger partial charge in [-0.2, -0.15) is 0 Å². The van der Waals surface area contributed by atoms with E-state index in [-0.39, 0.29) is 0 Å². The van der Waals surface area contributed by atoms with E-state index in [1.165, 1.54) is 76.4 Å². The number of benzene rings is 9. The topological polar surface area (TPSA) is 17.8 Å². The number of para-hydroxylation sites is 3. The highest BCUT2D eigenvalue weighted by Crippen LogP contribution is 2.45. The van der Waals surface area contributed by atoms with Crippen LogP contribution in [-0.2, 0) is 0 Å². The molecule has 2 nitrogen and oxygen atoms in total. The maximum atomic E-state index is 5.37. The summed E-state index contributed by atoms with van der Waals surface area (Å²) in [6, 6.07) is 70.2. The highest BCUT2D eigenvalue weighted by atomic mass is 15.0. The van der Waals surface area contributed by atoms with Gasteiger partial charge in [0.05, 0.1) is 22.2 Å². The molecule has 0 saturated carbocycles. The number of nitrogens with zero attached hydrogens (tertiary/aromatic N) is 2. The van der Waals surface area contributed by atoms with Gasteiger partial charge in [-0.05, 0) is 74.1 Å². The van der Waals surface area contributed by atoms with Gasteiger partial charge in [0.25, 0.3) is 0 Å². The summed E-state index contributed by atoms with van der Waals surface area (Å²) in [6.45, 7) is 0. The maximum Gasteiger partial charge on any atom is 0.0788 e. The molecule has 0 atom stereocenters. The smallest absolute Gasteiger partial charge is 0.0788 e. The minimum absolute atomic E-state index is 0.997. The molecule has 0 unspecified atom stereocenters. The molecule has 11 rings (SSSR count). The number of hydrogen-bond acceptors (Lipinski definition) is 1. The van der Waals surface area contributed by atoms with Crippen molar-refractivity contribution in [1.29, 1.82) is 0 Å². The number of fused-ring (bicyclic) bond motifs is 9. The van der Waals surface area contributed by atoms with E-state index in [0.717, 1.165) is 27.8 Å². The van der Waals surface area contributed by atoms with Crippen molar-refractivity contribution in [3.05, 3.63) is 194 Å². The van der Waals surface area contributed by atoms with Crippen LogP contribution in [0.4, 0.5) is 0 Å². The van der Waals surface area contributed by atoms with Crippen molar-refractivity contribution >= 4 is 65.0 Å². The van der Waals surface area contributed by atoms with E-state index in [1.807, 2.05) is 0 Å². The number of rotatable bonds is 4. The Morgan fingerprint density at radius 1 is 0.302 bits per heavy atom. The Morgan fingerprint density at radius 3 is 1.43 bits per heavy atom. The molecule has 9 aromatic carbocycles. The fourth-order valence-electron chi connectivity index (χ4n) is 8.73. The first-order valence-electron chi connectivity index (χ1n) is 18.2. The average molecular weight is 673 g/mol. The zero-order valence-electron chi connectivity index (χ0n) is 28.9. The zero-order chi connectivity index (χ0) is 34.9. The molecular formula is C51H32N2. The molecule has 0 radical (unpaired) electrons. The number of aromatic nitrogens is 2. The largest absolute Gasteiger partial charge is 0.309 e. The third-order valence-corrected chi connectivity index (χ3v) is 11.0. The van der Waals surface area contributed by atoms with Crippen LogP contribution in [0.1, 0.15) is 0 Å². The van der Waals surface area contributed by atoms with E-state index >= 15 is 0 Å². The van der Waals surface area contributed by atoms with Crippen molar-refractivity contribution in [3.8, 4) is 39.2 Å². The van der Waals surface area contributed by atoms with Gasteiger partial charge in [-0.15, -0.1) is 0 Å². The molecule has 53 heavy (non-hydrogen) atoms. The van der Waals surface area contributed by atoms with Gasteiger partial charge in [0.2, 0.25) is 0 Å². The summed E-state index contributed by atoms with van der Waals surface area (Å²) in [7, 11) is 0. The second kappa shape index (κ2) is 11.8. The Kier molecular flexibility index (Phi) is 6.59. The minimum atomic E-state index is 0.997. The molecule has 0 spiro atoms. The van der Waals surface area contributed by atoms with Gasteiger partial charge in [0, 0.05) is 38.2 Å². The molecule has 2 heterocycles. The van der Waals surface area contributed by atoms with Crippen LogP contribution >= 0.6 is 0 Å². The summed E-state index contributed by atoms with van der Waals surface area (Å²) in [4.78, 5) is 5.37. The van der Waals surface area contributed by atoms with E-state index in [4.69, 9.17) is 4.98 Å². The highest BCUT2D eigenvalue weighted by Gasteiger charge is 2.20. The van der Waals surface area contributed by atoms with Gasteiger partial charge < -0.3 is 4.57 Å². The van der Waals surface area contributed by atoms with Gasteiger partial charge in [0.1, 0.15) is 0 Å². The van der Waals surface area contributed by atoms with Crippen LogP contribution in [0.25, 0.3) is 104 Å². The summed E-state index contributed by atoms with van der Waals surface area (Å²) >= 11 is 0. The standard InChI is InChI=1S/C51H32N2/c1-3-15-33(16-4-1)47-37-19-7-9-21-39(37)48(40-22-10-8-20-38(40)47)34-27-29-35(30-28-34)51-43-31-32-46-50(49(43)41-23-11-13-25-44(41)52-51)42-24-12-14-26-45(42)53(46)36-17-5-2-6-18-36/h1-32H. The molecule has 0 aliphatic rings. The van der Waals surface area contributed by atoms with Crippen LogP contribution in [0.15, 0.2) is 194 Å². The second-order valence-corrected chi connectivity index (χ2v) is 13.8. The highest BCUT2D eigenvalue weighted by molar-refractivity contribution is 6.29.